The van der Waals surface area contributed by atoms with E-state index in [-0.39, 0.29) is 0 Å². The Morgan fingerprint density at radius 3 is 2.81 bits per heavy atom. The van der Waals surface area contributed by atoms with Crippen molar-refractivity contribution in [2.45, 2.75) is 6.54 Å². The molecule has 0 saturated carbocycles. The van der Waals surface area contributed by atoms with Gasteiger partial charge in [0.2, 0.25) is 5.95 Å². The van der Waals surface area contributed by atoms with Crippen LogP contribution in [0.2, 0.25) is 0 Å². The van der Waals surface area contributed by atoms with Crippen LogP contribution < -0.4 is 5.32 Å². The van der Waals surface area contributed by atoms with Gasteiger partial charge in [0.05, 0.1) is 23.1 Å². The molecule has 0 aliphatic heterocycles. The molecule has 106 valence electrons. The maximum atomic E-state index is 11.1. The largest absolute Gasteiger partial charge is 0.478 e. The molecule has 5 heteroatoms. The van der Waals surface area contributed by atoms with Gasteiger partial charge >= 0.3 is 5.97 Å². The molecular weight excluding hydrogens is 266 g/mol. The molecule has 0 saturated heterocycles. The Bertz CT molecular complexity index is 808. The number of carboxylic acid groups (broad SMARTS) is 1. The second-order valence-electron chi connectivity index (χ2n) is 4.77. The Labute approximate surface area is 121 Å². The van der Waals surface area contributed by atoms with Gasteiger partial charge in [-0.2, -0.15) is 0 Å². The molecule has 0 unspecified atom stereocenters. The maximum Gasteiger partial charge on any atom is 0.335 e. The lowest BCUT2D eigenvalue weighted by Gasteiger charge is -2.09. The van der Waals surface area contributed by atoms with E-state index in [1.54, 1.807) is 18.2 Å². The number of imidazole rings is 1. The zero-order valence-corrected chi connectivity index (χ0v) is 11.6. The number of hydrogen-bond donors (Lipinski definition) is 2. The zero-order valence-electron chi connectivity index (χ0n) is 11.6. The number of para-hydroxylation sites is 2. The molecule has 1 aromatic heterocycles. The third-order valence-electron chi connectivity index (χ3n) is 3.39. The minimum atomic E-state index is -0.916. The number of carboxylic acids is 1. The SMILES string of the molecule is CNc1nc2ccccc2n1Cc1cccc(C(=O)O)c1. The fourth-order valence-corrected chi connectivity index (χ4v) is 2.41. The molecule has 0 radical (unpaired) electrons. The summed E-state index contributed by atoms with van der Waals surface area (Å²) in [5.74, 6) is -0.155. The van der Waals surface area contributed by atoms with E-state index >= 15 is 0 Å². The van der Waals surface area contributed by atoms with E-state index in [4.69, 9.17) is 5.11 Å². The molecule has 0 aliphatic carbocycles. The number of aromatic carboxylic acids is 1. The van der Waals surface area contributed by atoms with E-state index < -0.39 is 5.97 Å². The number of benzene rings is 2. The van der Waals surface area contributed by atoms with Crippen molar-refractivity contribution >= 4 is 23.0 Å². The average molecular weight is 281 g/mol. The topological polar surface area (TPSA) is 67.2 Å². The van der Waals surface area contributed by atoms with Gasteiger partial charge in [-0.15, -0.1) is 0 Å². The van der Waals surface area contributed by atoms with Gasteiger partial charge in [0.25, 0.3) is 0 Å². The molecular formula is C16H15N3O2. The summed E-state index contributed by atoms with van der Waals surface area (Å²) in [6, 6.07) is 14.8. The van der Waals surface area contributed by atoms with Crippen molar-refractivity contribution in [2.75, 3.05) is 12.4 Å². The Hall–Kier alpha value is -2.82. The molecule has 3 rings (SSSR count). The van der Waals surface area contributed by atoms with Crippen molar-refractivity contribution in [2.24, 2.45) is 0 Å². The van der Waals surface area contributed by atoms with Crippen molar-refractivity contribution < 1.29 is 9.90 Å². The fourth-order valence-electron chi connectivity index (χ4n) is 2.41. The van der Waals surface area contributed by atoms with Crippen molar-refractivity contribution in [3.8, 4) is 0 Å². The standard InChI is InChI=1S/C16H15N3O2/c1-17-16-18-13-7-2-3-8-14(13)19(16)10-11-5-4-6-12(9-11)15(20)21/h2-9H,10H2,1H3,(H,17,18)(H,20,21). The second kappa shape index (κ2) is 5.28. The summed E-state index contributed by atoms with van der Waals surface area (Å²) in [6.45, 7) is 0.567. The molecule has 0 bridgehead atoms. The lowest BCUT2D eigenvalue weighted by molar-refractivity contribution is 0.0696. The Balaban J connectivity index is 2.05. The van der Waals surface area contributed by atoms with Crippen LogP contribution in [0.1, 0.15) is 15.9 Å². The Kier molecular flexibility index (Phi) is 3.31. The van der Waals surface area contributed by atoms with Gasteiger partial charge < -0.3 is 15.0 Å². The number of nitrogens with zero attached hydrogens (tertiary/aromatic N) is 2. The number of hydrogen-bond acceptors (Lipinski definition) is 3. The first kappa shape index (κ1) is 13.2. The van der Waals surface area contributed by atoms with Crippen LogP contribution in [0.3, 0.4) is 0 Å². The molecule has 2 aromatic carbocycles. The fraction of sp³-hybridized carbons (Fsp3) is 0.125. The molecule has 0 spiro atoms. The van der Waals surface area contributed by atoms with Crippen LogP contribution in [0.5, 0.6) is 0 Å². The van der Waals surface area contributed by atoms with Crippen molar-refractivity contribution in [3.05, 3.63) is 59.7 Å². The molecule has 0 aliphatic rings. The summed E-state index contributed by atoms with van der Waals surface area (Å²) in [4.78, 5) is 15.6. The lowest BCUT2D eigenvalue weighted by atomic mass is 10.1. The van der Waals surface area contributed by atoms with Crippen molar-refractivity contribution in [1.82, 2.24) is 9.55 Å². The molecule has 0 fully saturated rings. The molecule has 2 N–H and O–H groups in total. The molecule has 3 aromatic rings. The number of rotatable bonds is 4. The highest BCUT2D eigenvalue weighted by molar-refractivity contribution is 5.87. The predicted octanol–water partition coefficient (Wildman–Crippen LogP) is 2.82. The normalized spacial score (nSPS) is 10.7. The summed E-state index contributed by atoms with van der Waals surface area (Å²) in [7, 11) is 1.82. The van der Waals surface area contributed by atoms with Crippen LogP contribution >= 0.6 is 0 Å². The highest BCUT2D eigenvalue weighted by Crippen LogP contribution is 2.21. The van der Waals surface area contributed by atoms with E-state index in [0.717, 1.165) is 22.5 Å². The third kappa shape index (κ3) is 2.45. The minimum Gasteiger partial charge on any atom is -0.478 e. The molecule has 0 atom stereocenters. The average Bonchev–Trinajstić information content (AvgIpc) is 2.86. The lowest BCUT2D eigenvalue weighted by Crippen LogP contribution is -2.06. The van der Waals surface area contributed by atoms with Gasteiger partial charge in [0.1, 0.15) is 0 Å². The van der Waals surface area contributed by atoms with E-state index in [9.17, 15) is 4.79 Å². The quantitative estimate of drug-likeness (QED) is 0.771. The molecule has 5 nitrogen and oxygen atoms in total. The summed E-state index contributed by atoms with van der Waals surface area (Å²) in [5.41, 5.74) is 3.15. The highest BCUT2D eigenvalue weighted by atomic mass is 16.4. The third-order valence-corrected chi connectivity index (χ3v) is 3.39. The van der Waals surface area contributed by atoms with Crippen LogP contribution in [0.4, 0.5) is 5.95 Å². The first-order valence-corrected chi connectivity index (χ1v) is 6.64. The van der Waals surface area contributed by atoms with Crippen LogP contribution in [-0.4, -0.2) is 27.7 Å². The molecule has 21 heavy (non-hydrogen) atoms. The number of nitrogens with one attached hydrogen (secondary N) is 1. The first-order chi connectivity index (χ1) is 10.2. The van der Waals surface area contributed by atoms with Crippen LogP contribution in [0.25, 0.3) is 11.0 Å². The predicted molar refractivity (Wildman–Crippen MR) is 81.8 cm³/mol. The molecule has 1 heterocycles. The van der Waals surface area contributed by atoms with Crippen LogP contribution in [0, 0.1) is 0 Å². The smallest absolute Gasteiger partial charge is 0.335 e. The van der Waals surface area contributed by atoms with E-state index in [1.165, 1.54) is 0 Å². The number of aromatic nitrogens is 2. The van der Waals surface area contributed by atoms with Gasteiger partial charge in [-0.25, -0.2) is 9.78 Å². The summed E-state index contributed by atoms with van der Waals surface area (Å²) < 4.78 is 2.04. The van der Waals surface area contributed by atoms with Gasteiger partial charge in [-0.3, -0.25) is 0 Å². The summed E-state index contributed by atoms with van der Waals surface area (Å²) in [6.07, 6.45) is 0. The van der Waals surface area contributed by atoms with E-state index in [1.807, 2.05) is 41.9 Å². The summed E-state index contributed by atoms with van der Waals surface area (Å²) >= 11 is 0. The number of carbonyl (C=O) groups is 1. The Morgan fingerprint density at radius 1 is 1.24 bits per heavy atom. The van der Waals surface area contributed by atoms with Crippen LogP contribution in [-0.2, 0) is 6.54 Å². The van der Waals surface area contributed by atoms with E-state index in [2.05, 4.69) is 10.3 Å². The number of fused-ring (bicyclic) bond motifs is 1. The van der Waals surface area contributed by atoms with Crippen LogP contribution in [0.15, 0.2) is 48.5 Å². The Morgan fingerprint density at radius 2 is 2.05 bits per heavy atom. The van der Waals surface area contributed by atoms with E-state index in [0.29, 0.717) is 12.1 Å². The van der Waals surface area contributed by atoms with Gasteiger partial charge in [0, 0.05) is 7.05 Å². The van der Waals surface area contributed by atoms with Gasteiger partial charge in [-0.05, 0) is 29.8 Å². The monoisotopic (exact) mass is 281 g/mol. The minimum absolute atomic E-state index is 0.294. The maximum absolute atomic E-state index is 11.1. The number of anilines is 1. The van der Waals surface area contributed by atoms with Gasteiger partial charge in [0.15, 0.2) is 0 Å². The highest BCUT2D eigenvalue weighted by Gasteiger charge is 2.10. The second-order valence-corrected chi connectivity index (χ2v) is 4.77. The molecule has 0 amide bonds. The zero-order chi connectivity index (χ0) is 14.8. The first-order valence-electron chi connectivity index (χ1n) is 6.64. The van der Waals surface area contributed by atoms with Crippen molar-refractivity contribution in [1.29, 1.82) is 0 Å². The van der Waals surface area contributed by atoms with Crippen molar-refractivity contribution in [3.63, 3.8) is 0 Å². The summed E-state index contributed by atoms with van der Waals surface area (Å²) in [5, 5.41) is 12.2. The van der Waals surface area contributed by atoms with Gasteiger partial charge in [-0.1, -0.05) is 24.3 Å².